The number of nitrogens with one attached hydrogen (secondary N) is 2. The Labute approximate surface area is 106 Å². The van der Waals surface area contributed by atoms with E-state index in [4.69, 9.17) is 0 Å². The summed E-state index contributed by atoms with van der Waals surface area (Å²) in [6, 6.07) is 5.27. The third-order valence-corrected chi connectivity index (χ3v) is 3.84. The predicted octanol–water partition coefficient (Wildman–Crippen LogP) is 2.19. The highest BCUT2D eigenvalue weighted by molar-refractivity contribution is 5.85. The largest absolute Gasteiger partial charge is 0.358 e. The van der Waals surface area contributed by atoms with Crippen molar-refractivity contribution >= 4 is 10.9 Å². The zero-order valence-corrected chi connectivity index (χ0v) is 10.8. The first kappa shape index (κ1) is 11.7. The molecule has 0 aliphatic carbocycles. The Hall–Kier alpha value is -1.39. The van der Waals surface area contributed by atoms with Crippen LogP contribution in [0.3, 0.4) is 0 Å². The summed E-state index contributed by atoms with van der Waals surface area (Å²) in [6.45, 7) is 5.02. The van der Waals surface area contributed by atoms with E-state index in [2.05, 4.69) is 29.2 Å². The van der Waals surface area contributed by atoms with Crippen LogP contribution in [-0.4, -0.2) is 36.6 Å². The summed E-state index contributed by atoms with van der Waals surface area (Å²) in [6.07, 6.45) is 0. The van der Waals surface area contributed by atoms with Gasteiger partial charge in [0, 0.05) is 42.3 Å². The van der Waals surface area contributed by atoms with E-state index >= 15 is 0 Å². The lowest BCUT2D eigenvalue weighted by Gasteiger charge is -2.33. The maximum atomic E-state index is 13.4. The molecule has 1 unspecified atom stereocenters. The molecule has 3 nitrogen and oxygen atoms in total. The number of H-pyrrole nitrogens is 1. The molecule has 2 aromatic rings. The molecule has 18 heavy (non-hydrogen) atoms. The van der Waals surface area contributed by atoms with Gasteiger partial charge in [0.25, 0.3) is 0 Å². The van der Waals surface area contributed by atoms with Gasteiger partial charge in [0.15, 0.2) is 0 Å². The third-order valence-electron chi connectivity index (χ3n) is 3.84. The summed E-state index contributed by atoms with van der Waals surface area (Å²) in [5, 5.41) is 4.42. The number of likely N-dealkylation sites (N-methyl/N-ethyl adjacent to an activating group) is 1. The Morgan fingerprint density at radius 3 is 3.00 bits per heavy atom. The van der Waals surface area contributed by atoms with Crippen molar-refractivity contribution in [2.75, 3.05) is 26.7 Å². The van der Waals surface area contributed by atoms with Gasteiger partial charge in [0.2, 0.25) is 0 Å². The molecule has 0 radical (unpaired) electrons. The smallest absolute Gasteiger partial charge is 0.123 e. The molecule has 1 aromatic carbocycles. The number of aromatic amines is 1. The van der Waals surface area contributed by atoms with Crippen LogP contribution in [0.1, 0.15) is 17.3 Å². The molecule has 0 amide bonds. The van der Waals surface area contributed by atoms with Crippen molar-refractivity contribution in [2.45, 2.75) is 13.0 Å². The van der Waals surface area contributed by atoms with E-state index in [0.29, 0.717) is 6.04 Å². The molecule has 96 valence electrons. The van der Waals surface area contributed by atoms with Gasteiger partial charge in [0.1, 0.15) is 5.82 Å². The predicted molar refractivity (Wildman–Crippen MR) is 71.2 cm³/mol. The molecule has 1 aromatic heterocycles. The van der Waals surface area contributed by atoms with Gasteiger partial charge in [-0.1, -0.05) is 0 Å². The quantitative estimate of drug-likeness (QED) is 0.809. The number of aromatic nitrogens is 1. The van der Waals surface area contributed by atoms with Crippen LogP contribution in [0.25, 0.3) is 10.9 Å². The van der Waals surface area contributed by atoms with E-state index < -0.39 is 0 Å². The minimum Gasteiger partial charge on any atom is -0.358 e. The third kappa shape index (κ3) is 1.82. The van der Waals surface area contributed by atoms with Crippen LogP contribution in [0.4, 0.5) is 4.39 Å². The molecule has 2 N–H and O–H groups in total. The summed E-state index contributed by atoms with van der Waals surface area (Å²) in [5.41, 5.74) is 3.37. The average molecular weight is 247 g/mol. The van der Waals surface area contributed by atoms with Gasteiger partial charge in [-0.05, 0) is 37.7 Å². The Morgan fingerprint density at radius 2 is 2.22 bits per heavy atom. The first-order chi connectivity index (χ1) is 8.66. The summed E-state index contributed by atoms with van der Waals surface area (Å²) in [5.74, 6) is -0.172. The maximum Gasteiger partial charge on any atom is 0.123 e. The van der Waals surface area contributed by atoms with Crippen LogP contribution in [-0.2, 0) is 0 Å². The standard InChI is InChI=1S/C14H18FN3/c1-9-14(13-8-16-5-6-18(13)2)11-7-10(15)3-4-12(11)17-9/h3-4,7,13,16-17H,5-6,8H2,1-2H3. The average Bonchev–Trinajstić information content (AvgIpc) is 2.66. The van der Waals surface area contributed by atoms with Gasteiger partial charge < -0.3 is 10.3 Å². The van der Waals surface area contributed by atoms with Crippen LogP contribution in [0.2, 0.25) is 0 Å². The summed E-state index contributed by atoms with van der Waals surface area (Å²) in [4.78, 5) is 5.68. The normalized spacial score (nSPS) is 21.6. The number of piperazine rings is 1. The monoisotopic (exact) mass is 247 g/mol. The lowest BCUT2D eigenvalue weighted by atomic mass is 10.0. The van der Waals surface area contributed by atoms with E-state index in [0.717, 1.165) is 36.2 Å². The number of hydrogen-bond donors (Lipinski definition) is 2. The fourth-order valence-electron chi connectivity index (χ4n) is 2.88. The van der Waals surface area contributed by atoms with Crippen LogP contribution in [0.15, 0.2) is 18.2 Å². The lowest BCUT2D eigenvalue weighted by molar-refractivity contribution is 0.203. The zero-order chi connectivity index (χ0) is 12.7. The summed E-state index contributed by atoms with van der Waals surface area (Å²) < 4.78 is 13.4. The van der Waals surface area contributed by atoms with E-state index in [1.165, 1.54) is 11.6 Å². The highest BCUT2D eigenvalue weighted by Gasteiger charge is 2.25. The van der Waals surface area contributed by atoms with Gasteiger partial charge in [-0.25, -0.2) is 4.39 Å². The Kier molecular flexibility index (Phi) is 2.84. The molecule has 0 bridgehead atoms. The Bertz CT molecular complexity index is 576. The van der Waals surface area contributed by atoms with Crippen molar-refractivity contribution < 1.29 is 4.39 Å². The lowest BCUT2D eigenvalue weighted by Crippen LogP contribution is -2.43. The van der Waals surface area contributed by atoms with Gasteiger partial charge >= 0.3 is 0 Å². The molecule has 0 saturated carbocycles. The van der Waals surface area contributed by atoms with Crippen molar-refractivity contribution in [1.82, 2.24) is 15.2 Å². The molecule has 1 aliphatic rings. The Morgan fingerprint density at radius 1 is 1.39 bits per heavy atom. The van der Waals surface area contributed by atoms with E-state index in [-0.39, 0.29) is 5.82 Å². The summed E-state index contributed by atoms with van der Waals surface area (Å²) in [7, 11) is 2.13. The molecule has 1 aliphatic heterocycles. The molecule has 0 spiro atoms. The number of aryl methyl sites for hydroxylation is 1. The second-order valence-electron chi connectivity index (χ2n) is 5.05. The first-order valence-corrected chi connectivity index (χ1v) is 6.35. The number of rotatable bonds is 1. The van der Waals surface area contributed by atoms with E-state index in [1.54, 1.807) is 6.07 Å². The molecule has 1 saturated heterocycles. The summed E-state index contributed by atoms with van der Waals surface area (Å²) >= 11 is 0. The molecule has 1 fully saturated rings. The fraction of sp³-hybridized carbons (Fsp3) is 0.429. The minimum absolute atomic E-state index is 0.172. The van der Waals surface area contributed by atoms with Crippen molar-refractivity contribution in [3.63, 3.8) is 0 Å². The van der Waals surface area contributed by atoms with Crippen LogP contribution >= 0.6 is 0 Å². The highest BCUT2D eigenvalue weighted by Crippen LogP contribution is 2.31. The first-order valence-electron chi connectivity index (χ1n) is 6.35. The maximum absolute atomic E-state index is 13.4. The van der Waals surface area contributed by atoms with Crippen LogP contribution < -0.4 is 5.32 Å². The van der Waals surface area contributed by atoms with Gasteiger partial charge in [-0.3, -0.25) is 4.90 Å². The highest BCUT2D eigenvalue weighted by atomic mass is 19.1. The minimum atomic E-state index is -0.172. The Balaban J connectivity index is 2.14. The fourth-order valence-corrected chi connectivity index (χ4v) is 2.88. The van der Waals surface area contributed by atoms with Gasteiger partial charge in [-0.15, -0.1) is 0 Å². The molecule has 3 rings (SSSR count). The SMILES string of the molecule is Cc1[nH]c2ccc(F)cc2c1C1CNCCN1C. The van der Waals surface area contributed by atoms with Crippen LogP contribution in [0.5, 0.6) is 0 Å². The van der Waals surface area contributed by atoms with Gasteiger partial charge in [-0.2, -0.15) is 0 Å². The second kappa shape index (κ2) is 4.37. The number of nitrogens with zero attached hydrogens (tertiary/aromatic N) is 1. The van der Waals surface area contributed by atoms with E-state index in [9.17, 15) is 4.39 Å². The van der Waals surface area contributed by atoms with E-state index in [1.807, 2.05) is 6.07 Å². The number of fused-ring (bicyclic) bond motifs is 1. The van der Waals surface area contributed by atoms with Crippen LogP contribution in [0, 0.1) is 12.7 Å². The number of benzene rings is 1. The number of halogens is 1. The molecule has 2 heterocycles. The molecular formula is C14H18FN3. The van der Waals surface area contributed by atoms with Crippen molar-refractivity contribution in [2.24, 2.45) is 0 Å². The van der Waals surface area contributed by atoms with Crippen molar-refractivity contribution in [3.05, 3.63) is 35.3 Å². The molecule has 1 atom stereocenters. The number of hydrogen-bond acceptors (Lipinski definition) is 2. The van der Waals surface area contributed by atoms with Crippen molar-refractivity contribution in [3.8, 4) is 0 Å². The van der Waals surface area contributed by atoms with Crippen molar-refractivity contribution in [1.29, 1.82) is 0 Å². The van der Waals surface area contributed by atoms with Gasteiger partial charge in [0.05, 0.1) is 0 Å². The second-order valence-corrected chi connectivity index (χ2v) is 5.05. The molecular weight excluding hydrogens is 229 g/mol. The zero-order valence-electron chi connectivity index (χ0n) is 10.8. The topological polar surface area (TPSA) is 31.1 Å². The molecule has 4 heteroatoms.